The van der Waals surface area contributed by atoms with Crippen molar-refractivity contribution in [3.63, 3.8) is 0 Å². The molecular formula is C19H23N3O3. The number of hydrogen-bond acceptors (Lipinski definition) is 5. The lowest BCUT2D eigenvalue weighted by molar-refractivity contribution is 0.0950. The van der Waals surface area contributed by atoms with Gasteiger partial charge in [0, 0.05) is 31.9 Å². The summed E-state index contributed by atoms with van der Waals surface area (Å²) < 4.78 is 10.6. The molecule has 0 spiro atoms. The smallest absolute Gasteiger partial charge is 0.251 e. The van der Waals surface area contributed by atoms with Gasteiger partial charge in [0.1, 0.15) is 5.82 Å². The Morgan fingerprint density at radius 3 is 2.92 bits per heavy atom. The van der Waals surface area contributed by atoms with Gasteiger partial charge in [-0.3, -0.25) is 4.79 Å². The van der Waals surface area contributed by atoms with Gasteiger partial charge in [0.25, 0.3) is 5.91 Å². The fourth-order valence-corrected chi connectivity index (χ4v) is 2.61. The van der Waals surface area contributed by atoms with E-state index in [2.05, 4.69) is 22.1 Å². The Morgan fingerprint density at radius 2 is 2.08 bits per heavy atom. The number of rotatable bonds is 7. The molecule has 0 radical (unpaired) electrons. The van der Waals surface area contributed by atoms with Crippen molar-refractivity contribution in [1.29, 1.82) is 0 Å². The van der Waals surface area contributed by atoms with Crippen LogP contribution in [0.4, 0.5) is 5.82 Å². The summed E-state index contributed by atoms with van der Waals surface area (Å²) in [6.45, 7) is 3.75. The molecule has 1 amide bonds. The third-order valence-electron chi connectivity index (χ3n) is 4.14. The van der Waals surface area contributed by atoms with Crippen LogP contribution in [0.2, 0.25) is 0 Å². The van der Waals surface area contributed by atoms with Crippen LogP contribution in [0.15, 0.2) is 36.5 Å². The molecule has 0 fully saturated rings. The fourth-order valence-electron chi connectivity index (χ4n) is 2.61. The van der Waals surface area contributed by atoms with Gasteiger partial charge >= 0.3 is 0 Å². The molecule has 1 aromatic heterocycles. The molecule has 0 saturated carbocycles. The minimum atomic E-state index is -0.120. The van der Waals surface area contributed by atoms with Crippen LogP contribution >= 0.6 is 0 Å². The lowest BCUT2D eigenvalue weighted by Crippen LogP contribution is -2.24. The molecule has 1 aromatic carbocycles. The third-order valence-corrected chi connectivity index (χ3v) is 4.14. The molecule has 1 N–H and O–H groups in total. The highest BCUT2D eigenvalue weighted by atomic mass is 16.7. The van der Waals surface area contributed by atoms with Crippen LogP contribution in [0.1, 0.15) is 35.7 Å². The number of nitrogens with zero attached hydrogens (tertiary/aromatic N) is 2. The average Bonchev–Trinajstić information content (AvgIpc) is 3.12. The van der Waals surface area contributed by atoms with Crippen molar-refractivity contribution in [2.75, 3.05) is 25.3 Å². The van der Waals surface area contributed by atoms with Gasteiger partial charge in [-0.15, -0.1) is 0 Å². The van der Waals surface area contributed by atoms with Gasteiger partial charge < -0.3 is 19.7 Å². The second-order valence-electron chi connectivity index (χ2n) is 6.05. The standard InChI is InChI=1S/C19H23N3O3/c1-3-4-9-22(2)18-11-15(7-8-20-18)19(23)21-12-14-5-6-16-17(10-14)25-13-24-16/h5-8,10-11H,3-4,9,12-13H2,1-2H3,(H,21,23). The van der Waals surface area contributed by atoms with Crippen LogP contribution in [0, 0.1) is 0 Å². The first-order valence-electron chi connectivity index (χ1n) is 8.51. The van der Waals surface area contributed by atoms with E-state index in [1.54, 1.807) is 12.3 Å². The summed E-state index contributed by atoms with van der Waals surface area (Å²) in [7, 11) is 1.99. The van der Waals surface area contributed by atoms with Gasteiger partial charge in [0.15, 0.2) is 11.5 Å². The zero-order valence-corrected chi connectivity index (χ0v) is 14.6. The van der Waals surface area contributed by atoms with Gasteiger partial charge in [-0.05, 0) is 36.2 Å². The predicted molar refractivity (Wildman–Crippen MR) is 96.2 cm³/mol. The van der Waals surface area contributed by atoms with Crippen molar-refractivity contribution >= 4 is 11.7 Å². The van der Waals surface area contributed by atoms with E-state index in [1.165, 1.54) is 0 Å². The summed E-state index contributed by atoms with van der Waals surface area (Å²) >= 11 is 0. The molecule has 2 heterocycles. The highest BCUT2D eigenvalue weighted by Gasteiger charge is 2.14. The summed E-state index contributed by atoms with van der Waals surface area (Å²) in [4.78, 5) is 18.8. The zero-order valence-electron chi connectivity index (χ0n) is 14.6. The van der Waals surface area contributed by atoms with Crippen LogP contribution in [0.3, 0.4) is 0 Å². The number of unbranched alkanes of at least 4 members (excludes halogenated alkanes) is 1. The van der Waals surface area contributed by atoms with E-state index in [-0.39, 0.29) is 12.7 Å². The predicted octanol–water partition coefficient (Wildman–Crippen LogP) is 2.98. The number of aromatic nitrogens is 1. The van der Waals surface area contributed by atoms with E-state index in [0.717, 1.165) is 42.3 Å². The largest absolute Gasteiger partial charge is 0.454 e. The topological polar surface area (TPSA) is 63.7 Å². The summed E-state index contributed by atoms with van der Waals surface area (Å²) in [5, 5.41) is 2.93. The van der Waals surface area contributed by atoms with Gasteiger partial charge in [-0.25, -0.2) is 4.98 Å². The van der Waals surface area contributed by atoms with Crippen LogP contribution in [-0.4, -0.2) is 31.3 Å². The van der Waals surface area contributed by atoms with Gasteiger partial charge in [-0.1, -0.05) is 19.4 Å². The third kappa shape index (κ3) is 4.21. The first-order valence-corrected chi connectivity index (χ1v) is 8.51. The minimum Gasteiger partial charge on any atom is -0.454 e. The molecule has 0 unspecified atom stereocenters. The second-order valence-corrected chi connectivity index (χ2v) is 6.05. The van der Waals surface area contributed by atoms with Crippen LogP contribution in [0.5, 0.6) is 11.5 Å². The second kappa shape index (κ2) is 7.88. The maximum absolute atomic E-state index is 12.4. The number of ether oxygens (including phenoxy) is 2. The Balaban J connectivity index is 1.61. The van der Waals surface area contributed by atoms with Crippen LogP contribution < -0.4 is 19.7 Å². The van der Waals surface area contributed by atoms with E-state index >= 15 is 0 Å². The number of carbonyl (C=O) groups is 1. The Labute approximate surface area is 147 Å². The van der Waals surface area contributed by atoms with Crippen molar-refractivity contribution < 1.29 is 14.3 Å². The van der Waals surface area contributed by atoms with Crippen molar-refractivity contribution in [2.24, 2.45) is 0 Å². The summed E-state index contributed by atoms with van der Waals surface area (Å²) in [5.41, 5.74) is 1.57. The van der Waals surface area contributed by atoms with Gasteiger partial charge in [0.05, 0.1) is 0 Å². The number of pyridine rings is 1. The Morgan fingerprint density at radius 1 is 1.24 bits per heavy atom. The highest BCUT2D eigenvalue weighted by Crippen LogP contribution is 2.32. The van der Waals surface area contributed by atoms with Crippen molar-refractivity contribution in [2.45, 2.75) is 26.3 Å². The summed E-state index contributed by atoms with van der Waals surface area (Å²) in [6, 6.07) is 9.22. The highest BCUT2D eigenvalue weighted by molar-refractivity contribution is 5.94. The molecule has 132 valence electrons. The molecule has 0 aliphatic carbocycles. The number of anilines is 1. The van der Waals surface area contributed by atoms with E-state index in [1.807, 2.05) is 31.3 Å². The van der Waals surface area contributed by atoms with Crippen LogP contribution in [0.25, 0.3) is 0 Å². The quantitative estimate of drug-likeness (QED) is 0.839. The molecule has 0 saturated heterocycles. The molecule has 0 atom stereocenters. The maximum Gasteiger partial charge on any atom is 0.251 e. The number of carbonyl (C=O) groups excluding carboxylic acids is 1. The van der Waals surface area contributed by atoms with E-state index in [9.17, 15) is 4.79 Å². The first-order chi connectivity index (χ1) is 12.2. The molecule has 3 rings (SSSR count). The zero-order chi connectivity index (χ0) is 17.6. The minimum absolute atomic E-state index is 0.120. The fraction of sp³-hybridized carbons (Fsp3) is 0.368. The first kappa shape index (κ1) is 17.1. The van der Waals surface area contributed by atoms with Crippen molar-refractivity contribution in [3.05, 3.63) is 47.7 Å². The van der Waals surface area contributed by atoms with Gasteiger partial charge in [-0.2, -0.15) is 0 Å². The lowest BCUT2D eigenvalue weighted by atomic mass is 10.2. The number of amides is 1. The normalized spacial score (nSPS) is 12.1. The van der Waals surface area contributed by atoms with Crippen molar-refractivity contribution in [1.82, 2.24) is 10.3 Å². The summed E-state index contributed by atoms with van der Waals surface area (Å²) in [6.07, 6.45) is 3.89. The monoisotopic (exact) mass is 341 g/mol. The Kier molecular flexibility index (Phi) is 5.38. The molecule has 6 heteroatoms. The van der Waals surface area contributed by atoms with E-state index in [4.69, 9.17) is 9.47 Å². The lowest BCUT2D eigenvalue weighted by Gasteiger charge is -2.18. The van der Waals surface area contributed by atoms with Gasteiger partial charge in [0.2, 0.25) is 6.79 Å². The maximum atomic E-state index is 12.4. The number of fused-ring (bicyclic) bond motifs is 1. The molecule has 25 heavy (non-hydrogen) atoms. The molecular weight excluding hydrogens is 318 g/mol. The Hall–Kier alpha value is -2.76. The molecule has 1 aliphatic heterocycles. The van der Waals surface area contributed by atoms with E-state index < -0.39 is 0 Å². The number of nitrogens with one attached hydrogen (secondary N) is 1. The molecule has 6 nitrogen and oxygen atoms in total. The summed E-state index contributed by atoms with van der Waals surface area (Å²) in [5.74, 6) is 2.15. The van der Waals surface area contributed by atoms with Crippen LogP contribution in [-0.2, 0) is 6.54 Å². The molecule has 2 aromatic rings. The number of benzene rings is 1. The van der Waals surface area contributed by atoms with E-state index in [0.29, 0.717) is 12.1 Å². The Bertz CT molecular complexity index is 748. The molecule has 0 bridgehead atoms. The van der Waals surface area contributed by atoms with Crippen molar-refractivity contribution in [3.8, 4) is 11.5 Å². The molecule has 1 aliphatic rings. The average molecular weight is 341 g/mol. The number of hydrogen-bond donors (Lipinski definition) is 1. The SMILES string of the molecule is CCCCN(C)c1cc(C(=O)NCc2ccc3c(c2)OCO3)ccn1.